The van der Waals surface area contributed by atoms with Crippen LogP contribution in [0.5, 0.6) is 0 Å². The number of carbonyl (C=O) groups is 4. The van der Waals surface area contributed by atoms with Crippen LogP contribution in [-0.4, -0.2) is 82.0 Å². The average Bonchev–Trinajstić information content (AvgIpc) is 3.78. The molecular formula is C43H48BrN3O7. The SMILES string of the molecule is C=CCCC(=O)NC[C@H](OC(=O)[C@@H]1[C@H]2O[C@@]3(CC2Br)[C@H](C(=O)N(CC=C)c2cc(C)ccc2C)N([C@@H](CO)Cc2ccccc2)C(=O)[C@@H]13)c1ccccc1. The van der Waals surface area contributed by atoms with E-state index in [0.29, 0.717) is 17.7 Å². The molecule has 10 nitrogen and oxygen atoms in total. The van der Waals surface area contributed by atoms with Crippen LogP contribution in [0.1, 0.15) is 47.6 Å². The van der Waals surface area contributed by atoms with E-state index in [9.17, 15) is 14.7 Å². The van der Waals surface area contributed by atoms with E-state index >= 15 is 9.59 Å². The van der Waals surface area contributed by atoms with Crippen LogP contribution in [0.15, 0.2) is 104 Å². The number of likely N-dealkylation sites (tertiary alicyclic amines) is 1. The van der Waals surface area contributed by atoms with Crippen molar-refractivity contribution in [1.29, 1.82) is 0 Å². The highest BCUT2D eigenvalue weighted by atomic mass is 79.9. The van der Waals surface area contributed by atoms with Crippen molar-refractivity contribution in [2.24, 2.45) is 11.8 Å². The van der Waals surface area contributed by atoms with E-state index in [4.69, 9.17) is 9.47 Å². The molecular weight excluding hydrogens is 750 g/mol. The van der Waals surface area contributed by atoms with E-state index in [1.165, 1.54) is 4.90 Å². The number of carbonyl (C=O) groups excluding carboxylic acids is 4. The summed E-state index contributed by atoms with van der Waals surface area (Å²) in [5.41, 5.74) is 2.64. The minimum absolute atomic E-state index is 0.0225. The second-order valence-electron chi connectivity index (χ2n) is 14.4. The third-order valence-electron chi connectivity index (χ3n) is 10.9. The lowest BCUT2D eigenvalue weighted by atomic mass is 9.70. The predicted molar refractivity (Wildman–Crippen MR) is 210 cm³/mol. The molecule has 3 aromatic rings. The fraction of sp³-hybridized carbons (Fsp3) is 0.395. The topological polar surface area (TPSA) is 125 Å². The van der Waals surface area contributed by atoms with Crippen LogP contribution in [0, 0.1) is 25.7 Å². The summed E-state index contributed by atoms with van der Waals surface area (Å²) in [7, 11) is 0. The van der Waals surface area contributed by atoms with Crippen LogP contribution in [0.3, 0.4) is 0 Å². The van der Waals surface area contributed by atoms with Crippen molar-refractivity contribution in [3.05, 3.63) is 126 Å². The smallest absolute Gasteiger partial charge is 0.313 e. The second kappa shape index (κ2) is 16.8. The number of ether oxygens (including phenoxy) is 2. The van der Waals surface area contributed by atoms with Gasteiger partial charge in [0, 0.05) is 23.5 Å². The maximum Gasteiger partial charge on any atom is 0.313 e. The monoisotopic (exact) mass is 797 g/mol. The number of fused-ring (bicyclic) bond motifs is 1. The van der Waals surface area contributed by atoms with Gasteiger partial charge in [0.25, 0.3) is 5.91 Å². The van der Waals surface area contributed by atoms with Gasteiger partial charge in [0.1, 0.15) is 17.7 Å². The Balaban J connectivity index is 1.40. The van der Waals surface area contributed by atoms with Crippen molar-refractivity contribution in [2.45, 2.75) is 74.3 Å². The van der Waals surface area contributed by atoms with Gasteiger partial charge in [-0.1, -0.05) is 101 Å². The van der Waals surface area contributed by atoms with Gasteiger partial charge in [0.2, 0.25) is 11.8 Å². The van der Waals surface area contributed by atoms with E-state index in [-0.39, 0.29) is 49.0 Å². The van der Waals surface area contributed by atoms with Crippen molar-refractivity contribution in [1.82, 2.24) is 10.2 Å². The number of esters is 1. The number of anilines is 1. The molecule has 1 unspecified atom stereocenters. The number of aliphatic hydroxyl groups excluding tert-OH is 1. The Hall–Kier alpha value is -4.58. The first-order chi connectivity index (χ1) is 26.0. The number of benzene rings is 3. The Morgan fingerprint density at radius 1 is 1.07 bits per heavy atom. The van der Waals surface area contributed by atoms with Crippen LogP contribution in [0.2, 0.25) is 0 Å². The van der Waals surface area contributed by atoms with Gasteiger partial charge in [-0.15, -0.1) is 13.2 Å². The van der Waals surface area contributed by atoms with Gasteiger partial charge in [0.05, 0.1) is 37.1 Å². The molecule has 0 aromatic heterocycles. The molecule has 3 aliphatic rings. The number of nitrogens with one attached hydrogen (secondary N) is 1. The highest BCUT2D eigenvalue weighted by Crippen LogP contribution is 2.61. The van der Waals surface area contributed by atoms with Gasteiger partial charge in [-0.25, -0.2) is 0 Å². The minimum Gasteiger partial charge on any atom is -0.455 e. The Bertz CT molecular complexity index is 1870. The quantitative estimate of drug-likeness (QED) is 0.111. The number of allylic oxidation sites excluding steroid dienone is 1. The number of nitrogens with zero attached hydrogens (tertiary/aromatic N) is 2. The molecule has 6 rings (SSSR count). The van der Waals surface area contributed by atoms with Gasteiger partial charge >= 0.3 is 5.97 Å². The summed E-state index contributed by atoms with van der Waals surface area (Å²) in [6, 6.07) is 22.5. The van der Waals surface area contributed by atoms with Crippen molar-refractivity contribution >= 4 is 45.3 Å². The van der Waals surface area contributed by atoms with Crippen molar-refractivity contribution < 1.29 is 33.8 Å². The number of hydrogen-bond acceptors (Lipinski definition) is 7. The number of aliphatic hydroxyl groups is 1. The molecule has 3 saturated heterocycles. The Kier molecular flexibility index (Phi) is 12.2. The molecule has 0 saturated carbocycles. The van der Waals surface area contributed by atoms with E-state index in [2.05, 4.69) is 34.4 Å². The largest absolute Gasteiger partial charge is 0.455 e. The molecule has 3 aliphatic heterocycles. The van der Waals surface area contributed by atoms with Crippen molar-refractivity contribution in [3.63, 3.8) is 0 Å². The van der Waals surface area contributed by atoms with Crippen LogP contribution in [-0.2, 0) is 35.1 Å². The van der Waals surface area contributed by atoms with Gasteiger partial charge in [-0.3, -0.25) is 19.2 Å². The van der Waals surface area contributed by atoms with Gasteiger partial charge in [-0.2, -0.15) is 0 Å². The van der Waals surface area contributed by atoms with Crippen LogP contribution < -0.4 is 10.2 Å². The first kappa shape index (κ1) is 39.1. The summed E-state index contributed by atoms with van der Waals surface area (Å²) in [6.07, 6.45) is 2.99. The van der Waals surface area contributed by atoms with Crippen molar-refractivity contribution in [3.8, 4) is 0 Å². The van der Waals surface area contributed by atoms with E-state index in [0.717, 1.165) is 16.7 Å². The zero-order valence-corrected chi connectivity index (χ0v) is 32.3. The molecule has 3 amide bonds. The van der Waals surface area contributed by atoms with Gasteiger partial charge < -0.3 is 29.7 Å². The second-order valence-corrected chi connectivity index (χ2v) is 15.6. The number of halogens is 1. The summed E-state index contributed by atoms with van der Waals surface area (Å²) >= 11 is 3.76. The number of hydrogen-bond donors (Lipinski definition) is 2. The van der Waals surface area contributed by atoms with E-state index in [1.54, 1.807) is 17.1 Å². The standard InChI is InChI=1S/C43H48BrN3O7/c1-5-7-18-35(49)45-25-34(30-16-12-9-13-17-30)53-42(52)36-37-40(50)47(31(26-48)23-29-14-10-8-11-15-29)39(43(37)24-32(44)38(36)54-43)41(51)46(21-6-2)33-22-27(3)19-20-28(33)4/h5-6,8-17,19-20,22,31-32,34,36-39,48H,1-2,7,18,21,23-26H2,3-4H3,(H,45,49)/t31-,32?,34+,36+,37-,38+,39+,43-/m1/s1. The molecule has 3 heterocycles. The molecule has 54 heavy (non-hydrogen) atoms. The Morgan fingerprint density at radius 3 is 2.44 bits per heavy atom. The molecule has 0 aliphatic carbocycles. The third-order valence-corrected chi connectivity index (χ3v) is 11.7. The van der Waals surface area contributed by atoms with Gasteiger partial charge in [0.15, 0.2) is 0 Å². The Labute approximate surface area is 325 Å². The van der Waals surface area contributed by atoms with Crippen LogP contribution in [0.4, 0.5) is 5.69 Å². The first-order valence-corrected chi connectivity index (χ1v) is 19.4. The molecule has 284 valence electrons. The number of aryl methyl sites for hydroxylation is 2. The third kappa shape index (κ3) is 7.54. The summed E-state index contributed by atoms with van der Waals surface area (Å²) in [4.78, 5) is 60.2. The summed E-state index contributed by atoms with van der Waals surface area (Å²) in [5.74, 6) is -3.83. The highest BCUT2D eigenvalue weighted by molar-refractivity contribution is 9.09. The Morgan fingerprint density at radius 2 is 1.78 bits per heavy atom. The van der Waals surface area contributed by atoms with Gasteiger partial charge in [-0.05, 0) is 61.4 Å². The molecule has 8 atom stereocenters. The molecule has 1 spiro atoms. The lowest BCUT2D eigenvalue weighted by Gasteiger charge is -2.39. The summed E-state index contributed by atoms with van der Waals surface area (Å²) in [6.45, 7) is 11.2. The lowest BCUT2D eigenvalue weighted by Crippen LogP contribution is -2.59. The lowest BCUT2D eigenvalue weighted by molar-refractivity contribution is -0.160. The molecule has 3 aromatic carbocycles. The highest BCUT2D eigenvalue weighted by Gasteiger charge is 2.77. The summed E-state index contributed by atoms with van der Waals surface area (Å²) < 4.78 is 13.0. The normalized spacial score (nSPS) is 25.1. The minimum atomic E-state index is -1.40. The first-order valence-electron chi connectivity index (χ1n) is 18.5. The zero-order valence-electron chi connectivity index (χ0n) is 30.7. The van der Waals surface area contributed by atoms with E-state index in [1.807, 2.05) is 92.7 Å². The predicted octanol–water partition coefficient (Wildman–Crippen LogP) is 5.54. The van der Waals surface area contributed by atoms with Crippen molar-refractivity contribution in [2.75, 3.05) is 24.6 Å². The molecule has 11 heteroatoms. The van der Waals surface area contributed by atoms with Crippen LogP contribution >= 0.6 is 15.9 Å². The number of amides is 3. The fourth-order valence-electron chi connectivity index (χ4n) is 8.38. The number of alkyl halides is 1. The molecule has 3 fully saturated rings. The van der Waals surface area contributed by atoms with Crippen LogP contribution in [0.25, 0.3) is 0 Å². The zero-order chi connectivity index (χ0) is 38.6. The molecule has 0 radical (unpaired) electrons. The fourth-order valence-corrected chi connectivity index (χ4v) is 9.33. The molecule has 2 bridgehead atoms. The average molecular weight is 799 g/mol. The maximum absolute atomic E-state index is 15.3. The molecule has 2 N–H and O–H groups in total. The number of rotatable bonds is 16. The van der Waals surface area contributed by atoms with E-state index < -0.39 is 60.2 Å². The maximum atomic E-state index is 15.3. The summed E-state index contributed by atoms with van der Waals surface area (Å²) in [5, 5.41) is 13.8.